The number of hydrogen-bond donors (Lipinski definition) is 1. The Bertz CT molecular complexity index is 1240. The van der Waals surface area contributed by atoms with Crippen molar-refractivity contribution in [2.45, 2.75) is 53.4 Å². The highest BCUT2D eigenvalue weighted by Crippen LogP contribution is 2.45. The van der Waals surface area contributed by atoms with E-state index in [2.05, 4.69) is 89.1 Å². The molecule has 2 aromatic rings. The fourth-order valence-corrected chi connectivity index (χ4v) is 5.55. The minimum Gasteiger partial charge on any atom is -0.374 e. The molecule has 0 bridgehead atoms. The number of anilines is 1. The molecule has 1 aliphatic heterocycles. The molecule has 1 N–H and O–H groups in total. The molecule has 0 unspecified atom stereocenters. The number of carbonyl (C=O) groups excluding carboxylic acids is 2. The second-order valence-corrected chi connectivity index (χ2v) is 11.3. The molecule has 4 rings (SSSR count). The smallest absolute Gasteiger partial charge is 0.290 e. The number of hydrogen-bond acceptors (Lipinski definition) is 4. The van der Waals surface area contributed by atoms with Crippen LogP contribution in [-0.2, 0) is 10.2 Å². The molecular formula is C29H34N2O2S. The number of benzene rings is 2. The first kappa shape index (κ1) is 24.3. The number of imide groups is 1. The molecular weight excluding hydrogens is 440 g/mol. The average molecular weight is 475 g/mol. The summed E-state index contributed by atoms with van der Waals surface area (Å²) in [6.45, 7) is 14.4. The minimum absolute atomic E-state index is 0.103. The van der Waals surface area contributed by atoms with Gasteiger partial charge in [-0.15, -0.1) is 0 Å². The van der Waals surface area contributed by atoms with Crippen LogP contribution in [0.25, 0.3) is 22.8 Å². The maximum atomic E-state index is 12.1. The van der Waals surface area contributed by atoms with E-state index in [-0.39, 0.29) is 16.6 Å². The lowest BCUT2D eigenvalue weighted by atomic mass is 9.70. The third-order valence-electron chi connectivity index (χ3n) is 7.00. The monoisotopic (exact) mass is 474 g/mol. The third kappa shape index (κ3) is 4.46. The topological polar surface area (TPSA) is 49.4 Å². The van der Waals surface area contributed by atoms with Crippen LogP contribution in [-0.4, -0.2) is 24.7 Å². The van der Waals surface area contributed by atoms with Crippen LogP contribution in [0.15, 0.2) is 41.3 Å². The quantitative estimate of drug-likeness (QED) is 0.467. The Hall–Kier alpha value is -2.79. The Labute approximate surface area is 207 Å². The van der Waals surface area contributed by atoms with Crippen molar-refractivity contribution in [2.24, 2.45) is 5.92 Å². The van der Waals surface area contributed by atoms with Gasteiger partial charge in [-0.05, 0) is 101 Å². The number of fused-ring (bicyclic) bond motifs is 1. The van der Waals surface area contributed by atoms with Gasteiger partial charge in [-0.3, -0.25) is 14.9 Å². The summed E-state index contributed by atoms with van der Waals surface area (Å²) in [5.74, 6) is 0.125. The van der Waals surface area contributed by atoms with E-state index in [1.54, 1.807) is 6.08 Å². The second kappa shape index (κ2) is 9.10. The van der Waals surface area contributed by atoms with E-state index in [0.717, 1.165) is 41.5 Å². The van der Waals surface area contributed by atoms with Crippen LogP contribution in [0.3, 0.4) is 0 Å². The van der Waals surface area contributed by atoms with Crippen molar-refractivity contribution in [3.8, 4) is 11.1 Å². The molecule has 34 heavy (non-hydrogen) atoms. The SMILES string of the molecule is CCN(C)c1ccc(C=C2SC(=O)NC2=O)cc1-c1cc2c(cc1C)C(C)(C)CC=C2C(C)C. The Balaban J connectivity index is 1.92. The second-order valence-electron chi connectivity index (χ2n) is 10.3. The first-order chi connectivity index (χ1) is 16.0. The number of carbonyl (C=O) groups is 2. The van der Waals surface area contributed by atoms with Crippen LogP contribution in [0.1, 0.15) is 63.3 Å². The number of rotatable bonds is 5. The van der Waals surface area contributed by atoms with Crippen LogP contribution < -0.4 is 10.2 Å². The van der Waals surface area contributed by atoms with Crippen molar-refractivity contribution in [2.75, 3.05) is 18.5 Å². The molecule has 1 heterocycles. The first-order valence-corrected chi connectivity index (χ1v) is 12.8. The number of thioether (sulfide) groups is 1. The van der Waals surface area contributed by atoms with Crippen LogP contribution >= 0.6 is 11.8 Å². The van der Waals surface area contributed by atoms with Gasteiger partial charge in [-0.2, -0.15) is 0 Å². The van der Waals surface area contributed by atoms with Gasteiger partial charge in [0.1, 0.15) is 0 Å². The van der Waals surface area contributed by atoms with E-state index >= 15 is 0 Å². The number of nitrogens with one attached hydrogen (secondary N) is 1. The summed E-state index contributed by atoms with van der Waals surface area (Å²) in [5, 5.41) is 2.02. The summed E-state index contributed by atoms with van der Waals surface area (Å²) >= 11 is 0.954. The maximum absolute atomic E-state index is 12.1. The fraction of sp³-hybridized carbons (Fsp3) is 0.379. The molecule has 0 saturated carbocycles. The van der Waals surface area contributed by atoms with Crippen molar-refractivity contribution in [3.05, 3.63) is 63.6 Å². The standard InChI is InChI=1S/C29H34N2O2S/c1-8-31(7)25-10-9-19(15-26-27(32)30-28(33)34-26)14-23(25)21-16-22-20(17(2)3)11-12-29(5,6)24(22)13-18(21)4/h9-11,13-17H,8,12H2,1-7H3,(H,30,32,33). The van der Waals surface area contributed by atoms with E-state index in [1.165, 1.54) is 27.8 Å². The molecule has 1 aliphatic carbocycles. The van der Waals surface area contributed by atoms with Crippen LogP contribution in [0.4, 0.5) is 10.5 Å². The van der Waals surface area contributed by atoms with E-state index in [4.69, 9.17) is 0 Å². The van der Waals surface area contributed by atoms with E-state index in [0.29, 0.717) is 10.8 Å². The Morgan fingerprint density at radius 3 is 2.47 bits per heavy atom. The summed E-state index contributed by atoms with van der Waals surface area (Å²) < 4.78 is 0. The molecule has 0 atom stereocenters. The Morgan fingerprint density at radius 2 is 1.85 bits per heavy atom. The Morgan fingerprint density at radius 1 is 1.12 bits per heavy atom. The van der Waals surface area contributed by atoms with Crippen LogP contribution in [0, 0.1) is 12.8 Å². The molecule has 4 nitrogen and oxygen atoms in total. The van der Waals surface area contributed by atoms with E-state index < -0.39 is 0 Å². The van der Waals surface area contributed by atoms with Gasteiger partial charge in [0.2, 0.25) is 0 Å². The lowest BCUT2D eigenvalue weighted by molar-refractivity contribution is -0.115. The predicted octanol–water partition coefficient (Wildman–Crippen LogP) is 7.16. The van der Waals surface area contributed by atoms with Crippen molar-refractivity contribution in [3.63, 3.8) is 0 Å². The normalized spacial score (nSPS) is 18.2. The molecule has 2 aliphatic rings. The van der Waals surface area contributed by atoms with Crippen molar-refractivity contribution in [1.82, 2.24) is 5.32 Å². The van der Waals surface area contributed by atoms with Crippen LogP contribution in [0.5, 0.6) is 0 Å². The van der Waals surface area contributed by atoms with Gasteiger partial charge in [-0.25, -0.2) is 0 Å². The number of amides is 2. The molecule has 1 fully saturated rings. The van der Waals surface area contributed by atoms with Crippen LogP contribution in [0.2, 0.25) is 0 Å². The van der Waals surface area contributed by atoms with Gasteiger partial charge in [-0.1, -0.05) is 45.9 Å². The maximum Gasteiger partial charge on any atom is 0.290 e. The molecule has 178 valence electrons. The van der Waals surface area contributed by atoms with Gasteiger partial charge in [0, 0.05) is 24.8 Å². The van der Waals surface area contributed by atoms with Gasteiger partial charge in [0.15, 0.2) is 0 Å². The molecule has 2 aromatic carbocycles. The summed E-state index contributed by atoms with van der Waals surface area (Å²) in [5.41, 5.74) is 9.93. The van der Waals surface area contributed by atoms with Gasteiger partial charge in [0.05, 0.1) is 4.91 Å². The predicted molar refractivity (Wildman–Crippen MR) is 145 cm³/mol. The highest BCUT2D eigenvalue weighted by molar-refractivity contribution is 8.18. The van der Waals surface area contributed by atoms with Gasteiger partial charge < -0.3 is 4.90 Å². The highest BCUT2D eigenvalue weighted by Gasteiger charge is 2.30. The number of aryl methyl sites for hydroxylation is 1. The Kier molecular flexibility index (Phi) is 6.52. The molecule has 0 aromatic heterocycles. The highest BCUT2D eigenvalue weighted by atomic mass is 32.2. The summed E-state index contributed by atoms with van der Waals surface area (Å²) in [7, 11) is 2.10. The van der Waals surface area contributed by atoms with Gasteiger partial charge in [0.25, 0.3) is 11.1 Å². The fourth-order valence-electron chi connectivity index (χ4n) is 4.86. The van der Waals surface area contributed by atoms with Gasteiger partial charge >= 0.3 is 0 Å². The third-order valence-corrected chi connectivity index (χ3v) is 7.81. The summed E-state index contributed by atoms with van der Waals surface area (Å²) in [6.07, 6.45) is 5.27. The van der Waals surface area contributed by atoms with E-state index in [1.807, 2.05) is 6.07 Å². The lowest BCUT2D eigenvalue weighted by Crippen LogP contribution is -2.23. The lowest BCUT2D eigenvalue weighted by Gasteiger charge is -2.35. The molecule has 5 heteroatoms. The largest absolute Gasteiger partial charge is 0.374 e. The molecule has 1 saturated heterocycles. The minimum atomic E-state index is -0.329. The summed E-state index contributed by atoms with van der Waals surface area (Å²) in [4.78, 5) is 26.4. The number of nitrogens with zero attached hydrogens (tertiary/aromatic N) is 1. The van der Waals surface area contributed by atoms with Crippen molar-refractivity contribution in [1.29, 1.82) is 0 Å². The zero-order chi connectivity index (χ0) is 24.8. The molecule has 0 radical (unpaired) electrons. The molecule has 2 amide bonds. The van der Waals surface area contributed by atoms with Crippen molar-refractivity contribution >= 4 is 40.2 Å². The summed E-state index contributed by atoms with van der Waals surface area (Å²) in [6, 6.07) is 11.0. The molecule has 0 spiro atoms. The first-order valence-electron chi connectivity index (χ1n) is 12.0. The zero-order valence-corrected chi connectivity index (χ0v) is 22.0. The van der Waals surface area contributed by atoms with E-state index in [9.17, 15) is 9.59 Å². The zero-order valence-electron chi connectivity index (χ0n) is 21.2. The number of allylic oxidation sites excluding steroid dienone is 2. The average Bonchev–Trinajstić information content (AvgIpc) is 3.09. The van der Waals surface area contributed by atoms with Crippen molar-refractivity contribution < 1.29 is 9.59 Å².